The largest absolute Gasteiger partial charge is 0.350 e. The van der Waals surface area contributed by atoms with Crippen LogP contribution in [0.2, 0.25) is 0 Å². The number of carbonyl (C=O) groups excluding carboxylic acids is 2. The molecule has 7 nitrogen and oxygen atoms in total. The van der Waals surface area contributed by atoms with Crippen LogP contribution in [0.3, 0.4) is 0 Å². The van der Waals surface area contributed by atoms with Gasteiger partial charge in [-0.1, -0.05) is 6.07 Å². The van der Waals surface area contributed by atoms with Crippen LogP contribution in [0.15, 0.2) is 66.4 Å². The van der Waals surface area contributed by atoms with E-state index in [1.807, 2.05) is 19.9 Å². The summed E-state index contributed by atoms with van der Waals surface area (Å²) >= 11 is 0. The second kappa shape index (κ2) is 8.27. The molecule has 0 bridgehead atoms. The number of carbonyl (C=O) groups is 2. The zero-order valence-corrected chi connectivity index (χ0v) is 17.6. The summed E-state index contributed by atoms with van der Waals surface area (Å²) in [5.41, 5.74) is 1.68. The number of nitro groups is 1. The number of nitrogens with zero attached hydrogens (tertiary/aromatic N) is 2. The highest BCUT2D eigenvalue weighted by Crippen LogP contribution is 2.35. The van der Waals surface area contributed by atoms with Gasteiger partial charge in [-0.2, -0.15) is 0 Å². The van der Waals surface area contributed by atoms with Crippen molar-refractivity contribution >= 4 is 34.4 Å². The summed E-state index contributed by atoms with van der Waals surface area (Å²) < 4.78 is 28.3. The van der Waals surface area contributed by atoms with Crippen molar-refractivity contribution in [2.45, 2.75) is 13.8 Å². The Morgan fingerprint density at radius 3 is 2.21 bits per heavy atom. The molecule has 1 aliphatic heterocycles. The number of amides is 2. The highest BCUT2D eigenvalue weighted by Gasteiger charge is 2.41. The van der Waals surface area contributed by atoms with Gasteiger partial charge in [0.05, 0.1) is 16.2 Å². The van der Waals surface area contributed by atoms with E-state index in [4.69, 9.17) is 0 Å². The molecule has 0 aromatic heterocycles. The number of nitrogens with one attached hydrogen (secondary N) is 1. The van der Waals surface area contributed by atoms with Gasteiger partial charge in [-0.05, 0) is 66.9 Å². The third-order valence-corrected chi connectivity index (χ3v) is 5.38. The molecule has 166 valence electrons. The number of imide groups is 1. The molecule has 2 amide bonds. The van der Waals surface area contributed by atoms with Crippen molar-refractivity contribution in [3.63, 3.8) is 0 Å². The number of hydrogen-bond donors (Lipinski definition) is 1. The van der Waals surface area contributed by atoms with Gasteiger partial charge in [-0.3, -0.25) is 19.7 Å². The van der Waals surface area contributed by atoms with E-state index in [2.05, 4.69) is 5.32 Å². The molecular formula is C24H17F2N3O4. The van der Waals surface area contributed by atoms with Crippen LogP contribution in [0, 0.1) is 35.6 Å². The number of benzene rings is 3. The number of aryl methyl sites for hydroxylation is 2. The van der Waals surface area contributed by atoms with Gasteiger partial charge in [0.25, 0.3) is 17.5 Å². The summed E-state index contributed by atoms with van der Waals surface area (Å²) in [6, 6.07) is 12.8. The highest BCUT2D eigenvalue weighted by atomic mass is 19.1. The fourth-order valence-electron chi connectivity index (χ4n) is 3.50. The quantitative estimate of drug-likeness (QED) is 0.340. The maximum atomic E-state index is 14.5. The van der Waals surface area contributed by atoms with Gasteiger partial charge in [0.1, 0.15) is 17.3 Å². The normalized spacial score (nSPS) is 13.6. The molecule has 33 heavy (non-hydrogen) atoms. The molecule has 3 aromatic rings. The van der Waals surface area contributed by atoms with Crippen LogP contribution in [-0.4, -0.2) is 16.7 Å². The SMILES string of the molecule is Cc1ccc(NC2=C(c3ccc([N+](=O)[O-])cc3)C(=O)N(c3cc(F)ccc3F)C2=O)cc1C. The molecule has 1 N–H and O–H groups in total. The summed E-state index contributed by atoms with van der Waals surface area (Å²) in [4.78, 5) is 37.5. The Balaban J connectivity index is 1.85. The van der Waals surface area contributed by atoms with Crippen LogP contribution < -0.4 is 10.2 Å². The average molecular weight is 449 g/mol. The van der Waals surface area contributed by atoms with E-state index >= 15 is 0 Å². The Labute approximate surface area is 187 Å². The standard InChI is InChI=1S/C24H17F2N3O4/c1-13-3-7-17(11-14(13)2)27-22-21(15-4-8-18(9-5-15)29(32)33)23(30)28(24(22)31)20-12-16(25)6-10-19(20)26/h3-12,27H,1-2H3. The molecule has 3 aromatic carbocycles. The predicted molar refractivity (Wildman–Crippen MR) is 118 cm³/mol. The first-order valence-electron chi connectivity index (χ1n) is 9.84. The number of anilines is 2. The minimum atomic E-state index is -0.950. The minimum absolute atomic E-state index is 0.114. The maximum Gasteiger partial charge on any atom is 0.282 e. The third kappa shape index (κ3) is 3.96. The highest BCUT2D eigenvalue weighted by molar-refractivity contribution is 6.46. The van der Waals surface area contributed by atoms with Gasteiger partial charge in [0.2, 0.25) is 0 Å². The smallest absolute Gasteiger partial charge is 0.282 e. The summed E-state index contributed by atoms with van der Waals surface area (Å²) in [5.74, 6) is -3.53. The van der Waals surface area contributed by atoms with Crippen LogP contribution in [0.5, 0.6) is 0 Å². The lowest BCUT2D eigenvalue weighted by molar-refractivity contribution is -0.384. The van der Waals surface area contributed by atoms with E-state index in [9.17, 15) is 28.5 Å². The Morgan fingerprint density at radius 1 is 0.879 bits per heavy atom. The van der Waals surface area contributed by atoms with Gasteiger partial charge in [-0.15, -0.1) is 0 Å². The first-order chi connectivity index (χ1) is 15.7. The Kier molecular flexibility index (Phi) is 5.47. The molecule has 0 radical (unpaired) electrons. The van der Waals surface area contributed by atoms with Crippen LogP contribution in [0.4, 0.5) is 25.8 Å². The van der Waals surface area contributed by atoms with Crippen LogP contribution in [0.1, 0.15) is 16.7 Å². The number of halogens is 2. The first kappa shape index (κ1) is 21.8. The number of hydrogen-bond acceptors (Lipinski definition) is 5. The molecule has 0 saturated heterocycles. The van der Waals surface area contributed by atoms with Crippen LogP contribution in [0.25, 0.3) is 5.57 Å². The molecule has 1 aliphatic rings. The van der Waals surface area contributed by atoms with Gasteiger partial charge in [-0.25, -0.2) is 13.7 Å². The van der Waals surface area contributed by atoms with E-state index in [1.165, 1.54) is 24.3 Å². The van der Waals surface area contributed by atoms with E-state index in [-0.39, 0.29) is 22.5 Å². The van der Waals surface area contributed by atoms with Gasteiger partial charge >= 0.3 is 0 Å². The van der Waals surface area contributed by atoms with Gasteiger partial charge < -0.3 is 5.32 Å². The Morgan fingerprint density at radius 2 is 1.58 bits per heavy atom. The number of nitro benzene ring substituents is 1. The third-order valence-electron chi connectivity index (χ3n) is 5.38. The van der Waals surface area contributed by atoms with Crippen molar-refractivity contribution in [3.8, 4) is 0 Å². The zero-order valence-electron chi connectivity index (χ0n) is 17.6. The van der Waals surface area contributed by atoms with E-state index in [0.29, 0.717) is 10.6 Å². The lowest BCUT2D eigenvalue weighted by Crippen LogP contribution is -2.33. The van der Waals surface area contributed by atoms with Crippen molar-refractivity contribution in [1.82, 2.24) is 0 Å². The topological polar surface area (TPSA) is 92.6 Å². The van der Waals surface area contributed by atoms with Crippen molar-refractivity contribution in [2.24, 2.45) is 0 Å². The second-order valence-electron chi connectivity index (χ2n) is 7.52. The lowest BCUT2D eigenvalue weighted by atomic mass is 10.0. The summed E-state index contributed by atoms with van der Waals surface area (Å²) in [7, 11) is 0. The molecule has 0 aliphatic carbocycles. The molecule has 0 atom stereocenters. The first-order valence-corrected chi connectivity index (χ1v) is 9.84. The Hall–Kier alpha value is -4.40. The lowest BCUT2D eigenvalue weighted by Gasteiger charge is -2.16. The van der Waals surface area contributed by atoms with Crippen LogP contribution in [-0.2, 0) is 9.59 Å². The average Bonchev–Trinajstić information content (AvgIpc) is 3.02. The maximum absolute atomic E-state index is 14.5. The molecule has 0 fully saturated rings. The van der Waals surface area contributed by atoms with Crippen molar-refractivity contribution in [1.29, 1.82) is 0 Å². The fraction of sp³-hybridized carbons (Fsp3) is 0.0833. The Bertz CT molecular complexity index is 1350. The molecule has 9 heteroatoms. The fourth-order valence-corrected chi connectivity index (χ4v) is 3.50. The summed E-state index contributed by atoms with van der Waals surface area (Å²) in [5, 5.41) is 13.9. The number of non-ortho nitro benzene ring substituents is 1. The summed E-state index contributed by atoms with van der Waals surface area (Å²) in [6.45, 7) is 3.79. The molecule has 0 unspecified atom stereocenters. The molecule has 0 spiro atoms. The van der Waals surface area contributed by atoms with Crippen molar-refractivity contribution < 1.29 is 23.3 Å². The minimum Gasteiger partial charge on any atom is -0.350 e. The van der Waals surface area contributed by atoms with Gasteiger partial charge in [0, 0.05) is 23.9 Å². The van der Waals surface area contributed by atoms with E-state index in [0.717, 1.165) is 29.3 Å². The van der Waals surface area contributed by atoms with E-state index in [1.54, 1.807) is 12.1 Å². The molecule has 1 heterocycles. The number of rotatable bonds is 5. The second-order valence-corrected chi connectivity index (χ2v) is 7.52. The van der Waals surface area contributed by atoms with Crippen molar-refractivity contribution in [3.05, 3.63) is 105 Å². The molecule has 0 saturated carbocycles. The van der Waals surface area contributed by atoms with E-state index < -0.39 is 34.1 Å². The molecular weight excluding hydrogens is 432 g/mol. The van der Waals surface area contributed by atoms with Gasteiger partial charge in [0.15, 0.2) is 0 Å². The van der Waals surface area contributed by atoms with Crippen LogP contribution >= 0.6 is 0 Å². The monoisotopic (exact) mass is 449 g/mol. The van der Waals surface area contributed by atoms with Crippen molar-refractivity contribution in [2.75, 3.05) is 10.2 Å². The molecule has 4 rings (SSSR count). The summed E-state index contributed by atoms with van der Waals surface area (Å²) in [6.07, 6.45) is 0. The predicted octanol–water partition coefficient (Wildman–Crippen LogP) is 4.89. The zero-order chi connectivity index (χ0) is 23.9.